The van der Waals surface area contributed by atoms with Gasteiger partial charge in [-0.05, 0) is 60.2 Å². The molecule has 1 aromatic heterocycles. The van der Waals surface area contributed by atoms with Crippen molar-refractivity contribution in [1.82, 2.24) is 20.2 Å². The van der Waals surface area contributed by atoms with Crippen LogP contribution in [0.4, 0.5) is 5.69 Å². The Labute approximate surface area is 133 Å². The molecule has 0 radical (unpaired) electrons. The van der Waals surface area contributed by atoms with E-state index < -0.39 is 0 Å². The summed E-state index contributed by atoms with van der Waals surface area (Å²) in [4.78, 5) is 0. The van der Waals surface area contributed by atoms with Crippen LogP contribution in [0.2, 0.25) is 0 Å². The fourth-order valence-electron chi connectivity index (χ4n) is 3.13. The summed E-state index contributed by atoms with van der Waals surface area (Å²) in [5, 5.41) is 12.3. The van der Waals surface area contributed by atoms with Crippen molar-refractivity contribution in [3.63, 3.8) is 0 Å². The molecular weight excluding hydrogens is 330 g/mol. The second kappa shape index (κ2) is 6.13. The summed E-state index contributed by atoms with van der Waals surface area (Å²) in [6.07, 6.45) is 6.10. The summed E-state index contributed by atoms with van der Waals surface area (Å²) < 4.78 is 2.95. The Balaban J connectivity index is 1.89. The van der Waals surface area contributed by atoms with E-state index in [2.05, 4.69) is 38.4 Å². The number of anilines is 1. The lowest BCUT2D eigenvalue weighted by Gasteiger charge is -2.28. The van der Waals surface area contributed by atoms with E-state index in [-0.39, 0.29) is 0 Å². The fourth-order valence-corrected chi connectivity index (χ4v) is 3.55. The first-order chi connectivity index (χ1) is 10.2. The Hall–Kier alpha value is -1.43. The van der Waals surface area contributed by atoms with E-state index >= 15 is 0 Å². The van der Waals surface area contributed by atoms with Gasteiger partial charge in [-0.3, -0.25) is 0 Å². The average molecular weight is 350 g/mol. The number of halogens is 1. The molecule has 0 bridgehead atoms. The molecule has 3 rings (SSSR count). The third-order valence-electron chi connectivity index (χ3n) is 4.46. The zero-order valence-corrected chi connectivity index (χ0v) is 13.8. The third-order valence-corrected chi connectivity index (χ3v) is 5.16. The first-order valence-electron chi connectivity index (χ1n) is 7.52. The lowest BCUT2D eigenvalue weighted by atomic mass is 9.84. The number of aromatic nitrogens is 4. The van der Waals surface area contributed by atoms with E-state index in [9.17, 15) is 0 Å². The molecule has 1 aliphatic carbocycles. The number of hydrogen-bond acceptors (Lipinski definition) is 4. The van der Waals surface area contributed by atoms with Crippen molar-refractivity contribution >= 4 is 21.6 Å². The van der Waals surface area contributed by atoms with E-state index in [1.165, 1.54) is 19.3 Å². The van der Waals surface area contributed by atoms with Gasteiger partial charge in [0.2, 0.25) is 0 Å². The van der Waals surface area contributed by atoms with E-state index in [0.717, 1.165) is 40.3 Å². The van der Waals surface area contributed by atoms with Gasteiger partial charge in [-0.1, -0.05) is 29.3 Å². The van der Waals surface area contributed by atoms with Crippen LogP contribution in [-0.4, -0.2) is 20.2 Å². The first kappa shape index (κ1) is 14.5. The number of nitrogens with two attached hydrogens (primary N) is 1. The number of hydrogen-bond donors (Lipinski definition) is 1. The summed E-state index contributed by atoms with van der Waals surface area (Å²) in [5.41, 5.74) is 7.58. The largest absolute Gasteiger partial charge is 0.399 e. The molecular formula is C15H20BrN5. The van der Waals surface area contributed by atoms with Crippen molar-refractivity contribution in [2.24, 2.45) is 5.92 Å². The SMILES string of the molecule is CCC1CCC(n2nnnc2-c2cc(N)ccc2Br)CC1. The summed E-state index contributed by atoms with van der Waals surface area (Å²) in [6.45, 7) is 2.28. The van der Waals surface area contributed by atoms with Crippen molar-refractivity contribution in [2.45, 2.75) is 45.1 Å². The predicted molar refractivity (Wildman–Crippen MR) is 86.7 cm³/mol. The molecule has 1 saturated carbocycles. The minimum atomic E-state index is 0.395. The van der Waals surface area contributed by atoms with Crippen LogP contribution in [0, 0.1) is 5.92 Å². The van der Waals surface area contributed by atoms with Gasteiger partial charge >= 0.3 is 0 Å². The normalized spacial score (nSPS) is 22.4. The highest BCUT2D eigenvalue weighted by molar-refractivity contribution is 9.10. The van der Waals surface area contributed by atoms with Crippen LogP contribution in [0.3, 0.4) is 0 Å². The smallest absolute Gasteiger partial charge is 0.183 e. The number of benzene rings is 1. The van der Waals surface area contributed by atoms with Crippen LogP contribution in [0.15, 0.2) is 22.7 Å². The molecule has 1 aromatic carbocycles. The standard InChI is InChI=1S/C15H20BrN5/c1-2-10-3-6-12(7-4-10)21-15(18-19-20-21)13-9-11(17)5-8-14(13)16/h5,8-10,12H,2-4,6-7,17H2,1H3. The number of rotatable bonds is 3. The van der Waals surface area contributed by atoms with Crippen LogP contribution in [0.5, 0.6) is 0 Å². The maximum atomic E-state index is 5.90. The molecule has 0 saturated heterocycles. The summed E-state index contributed by atoms with van der Waals surface area (Å²) in [7, 11) is 0. The van der Waals surface area contributed by atoms with Gasteiger partial charge in [0.15, 0.2) is 5.82 Å². The van der Waals surface area contributed by atoms with Crippen molar-refractivity contribution in [3.05, 3.63) is 22.7 Å². The Morgan fingerprint density at radius 1 is 1.29 bits per heavy atom. The molecule has 2 aromatic rings. The van der Waals surface area contributed by atoms with E-state index in [0.29, 0.717) is 6.04 Å². The van der Waals surface area contributed by atoms with Crippen LogP contribution in [-0.2, 0) is 0 Å². The minimum absolute atomic E-state index is 0.395. The molecule has 2 N–H and O–H groups in total. The highest BCUT2D eigenvalue weighted by Gasteiger charge is 2.25. The predicted octanol–water partition coefficient (Wildman–Crippen LogP) is 3.83. The molecule has 21 heavy (non-hydrogen) atoms. The quantitative estimate of drug-likeness (QED) is 0.855. The fraction of sp³-hybridized carbons (Fsp3) is 0.533. The van der Waals surface area contributed by atoms with Crippen molar-refractivity contribution in [2.75, 3.05) is 5.73 Å². The molecule has 0 amide bonds. The molecule has 1 aliphatic rings. The van der Waals surface area contributed by atoms with E-state index in [1.807, 2.05) is 22.9 Å². The Kier molecular flexibility index (Phi) is 4.24. The highest BCUT2D eigenvalue weighted by atomic mass is 79.9. The number of nitrogens with zero attached hydrogens (tertiary/aromatic N) is 4. The minimum Gasteiger partial charge on any atom is -0.399 e. The molecule has 6 heteroatoms. The van der Waals surface area contributed by atoms with Gasteiger partial charge < -0.3 is 5.73 Å². The van der Waals surface area contributed by atoms with Crippen LogP contribution in [0.1, 0.15) is 45.1 Å². The zero-order valence-electron chi connectivity index (χ0n) is 12.2. The lowest BCUT2D eigenvalue weighted by Crippen LogP contribution is -2.19. The van der Waals surface area contributed by atoms with Gasteiger partial charge in [0.25, 0.3) is 0 Å². The molecule has 0 aliphatic heterocycles. The molecule has 1 heterocycles. The lowest BCUT2D eigenvalue weighted by molar-refractivity contribution is 0.255. The van der Waals surface area contributed by atoms with Crippen LogP contribution >= 0.6 is 15.9 Å². The monoisotopic (exact) mass is 349 g/mol. The molecule has 112 valence electrons. The van der Waals surface area contributed by atoms with E-state index in [4.69, 9.17) is 5.73 Å². The zero-order chi connectivity index (χ0) is 14.8. The molecule has 5 nitrogen and oxygen atoms in total. The topological polar surface area (TPSA) is 69.6 Å². The maximum Gasteiger partial charge on any atom is 0.183 e. The summed E-state index contributed by atoms with van der Waals surface area (Å²) in [6, 6.07) is 6.13. The second-order valence-corrected chi connectivity index (χ2v) is 6.62. The van der Waals surface area contributed by atoms with Crippen molar-refractivity contribution in [3.8, 4) is 11.4 Å². The van der Waals surface area contributed by atoms with Gasteiger partial charge in [0.1, 0.15) is 0 Å². The third kappa shape index (κ3) is 2.95. The van der Waals surface area contributed by atoms with Gasteiger partial charge in [-0.2, -0.15) is 0 Å². The second-order valence-electron chi connectivity index (χ2n) is 5.77. The maximum absolute atomic E-state index is 5.90. The molecule has 0 atom stereocenters. The van der Waals surface area contributed by atoms with Gasteiger partial charge in [-0.25, -0.2) is 4.68 Å². The summed E-state index contributed by atoms with van der Waals surface area (Å²) in [5.74, 6) is 1.66. The van der Waals surface area contributed by atoms with E-state index in [1.54, 1.807) is 0 Å². The Morgan fingerprint density at radius 2 is 2.05 bits per heavy atom. The van der Waals surface area contributed by atoms with Gasteiger partial charge in [0, 0.05) is 15.7 Å². The highest BCUT2D eigenvalue weighted by Crippen LogP contribution is 2.36. The van der Waals surface area contributed by atoms with Crippen LogP contribution < -0.4 is 5.73 Å². The summed E-state index contributed by atoms with van der Waals surface area (Å²) >= 11 is 3.57. The number of nitrogen functional groups attached to an aromatic ring is 1. The molecule has 1 fully saturated rings. The van der Waals surface area contributed by atoms with Gasteiger partial charge in [0.05, 0.1) is 6.04 Å². The van der Waals surface area contributed by atoms with Gasteiger partial charge in [-0.15, -0.1) is 5.10 Å². The van der Waals surface area contributed by atoms with Crippen LogP contribution in [0.25, 0.3) is 11.4 Å². The van der Waals surface area contributed by atoms with Crippen molar-refractivity contribution in [1.29, 1.82) is 0 Å². The first-order valence-corrected chi connectivity index (χ1v) is 8.31. The number of tetrazole rings is 1. The molecule has 0 spiro atoms. The Morgan fingerprint density at radius 3 is 2.76 bits per heavy atom. The van der Waals surface area contributed by atoms with Crippen molar-refractivity contribution < 1.29 is 0 Å². The molecule has 0 unspecified atom stereocenters. The average Bonchev–Trinajstić information content (AvgIpc) is 2.99. The Bertz CT molecular complexity index is 616.